The molecule has 0 radical (unpaired) electrons. The molecule has 0 spiro atoms. The molecule has 1 N–H and O–H groups in total. The predicted molar refractivity (Wildman–Crippen MR) is 89.5 cm³/mol. The largest absolute Gasteiger partial charge is 0.493 e. The molecule has 1 aromatic rings. The quantitative estimate of drug-likeness (QED) is 0.746. The van der Waals surface area contributed by atoms with E-state index in [0.717, 1.165) is 25.7 Å². The molecular formula is C18H23F2NO5. The first-order valence-corrected chi connectivity index (χ1v) is 8.50. The molecule has 0 unspecified atom stereocenters. The molecule has 0 heterocycles. The zero-order chi connectivity index (χ0) is 19.1. The Morgan fingerprint density at radius 3 is 2.62 bits per heavy atom. The number of ether oxygens (including phenoxy) is 3. The highest BCUT2D eigenvalue weighted by Crippen LogP contribution is 2.29. The third-order valence-corrected chi connectivity index (χ3v) is 4.41. The number of halogens is 2. The van der Waals surface area contributed by atoms with E-state index >= 15 is 0 Å². The van der Waals surface area contributed by atoms with Crippen molar-refractivity contribution in [3.05, 3.63) is 23.8 Å². The van der Waals surface area contributed by atoms with Crippen LogP contribution < -0.4 is 14.8 Å². The maximum absolute atomic E-state index is 12.3. The molecule has 0 saturated heterocycles. The molecular weight excluding hydrogens is 348 g/mol. The summed E-state index contributed by atoms with van der Waals surface area (Å²) in [4.78, 5) is 24.0. The van der Waals surface area contributed by atoms with Crippen molar-refractivity contribution in [3.8, 4) is 11.5 Å². The molecule has 1 amide bonds. The zero-order valence-electron chi connectivity index (χ0n) is 14.8. The normalized spacial score (nSPS) is 19.7. The first-order valence-electron chi connectivity index (χ1n) is 8.50. The first kappa shape index (κ1) is 19.9. The lowest BCUT2D eigenvalue weighted by molar-refractivity contribution is -0.125. The molecule has 6 nitrogen and oxygen atoms in total. The van der Waals surface area contributed by atoms with Gasteiger partial charge in [0.1, 0.15) is 0 Å². The van der Waals surface area contributed by atoms with Crippen molar-refractivity contribution in [3.63, 3.8) is 0 Å². The number of benzene rings is 1. The molecule has 1 aliphatic rings. The third kappa shape index (κ3) is 5.57. The summed E-state index contributed by atoms with van der Waals surface area (Å²) in [5, 5.41) is 2.88. The second-order valence-electron chi connectivity index (χ2n) is 6.26. The topological polar surface area (TPSA) is 73.9 Å². The maximum atomic E-state index is 12.3. The van der Waals surface area contributed by atoms with E-state index in [4.69, 9.17) is 9.47 Å². The van der Waals surface area contributed by atoms with E-state index < -0.39 is 19.2 Å². The number of carbonyl (C=O) groups is 2. The van der Waals surface area contributed by atoms with Crippen LogP contribution in [0.5, 0.6) is 11.5 Å². The van der Waals surface area contributed by atoms with Crippen LogP contribution in [0.1, 0.15) is 43.0 Å². The van der Waals surface area contributed by atoms with Gasteiger partial charge in [0.2, 0.25) is 0 Å². The maximum Gasteiger partial charge on any atom is 0.387 e. The van der Waals surface area contributed by atoms with Crippen LogP contribution in [-0.2, 0) is 9.53 Å². The van der Waals surface area contributed by atoms with Crippen molar-refractivity contribution in [1.29, 1.82) is 0 Å². The average Bonchev–Trinajstić information content (AvgIpc) is 2.61. The van der Waals surface area contributed by atoms with Crippen LogP contribution in [-0.4, -0.2) is 38.2 Å². The van der Waals surface area contributed by atoms with Gasteiger partial charge in [0, 0.05) is 6.04 Å². The smallest absolute Gasteiger partial charge is 0.387 e. The number of esters is 1. The minimum absolute atomic E-state index is 0.0276. The van der Waals surface area contributed by atoms with Gasteiger partial charge < -0.3 is 19.5 Å². The second kappa shape index (κ2) is 9.35. The summed E-state index contributed by atoms with van der Waals surface area (Å²) in [6.45, 7) is -1.32. The van der Waals surface area contributed by atoms with Gasteiger partial charge in [0.05, 0.1) is 12.7 Å². The van der Waals surface area contributed by atoms with Crippen molar-refractivity contribution in [2.24, 2.45) is 5.92 Å². The van der Waals surface area contributed by atoms with Gasteiger partial charge in [0.25, 0.3) is 5.91 Å². The van der Waals surface area contributed by atoms with Gasteiger partial charge in [0.15, 0.2) is 18.1 Å². The second-order valence-corrected chi connectivity index (χ2v) is 6.26. The number of methoxy groups -OCH3 is 1. The summed E-state index contributed by atoms with van der Waals surface area (Å²) in [5.41, 5.74) is 0.0716. The Labute approximate surface area is 150 Å². The van der Waals surface area contributed by atoms with Gasteiger partial charge in [-0.1, -0.05) is 19.8 Å². The molecule has 1 aliphatic carbocycles. The summed E-state index contributed by atoms with van der Waals surface area (Å²) in [6.07, 6.45) is 4.22. The summed E-state index contributed by atoms with van der Waals surface area (Å²) in [5.74, 6) is -0.932. The van der Waals surface area contributed by atoms with Crippen molar-refractivity contribution in [1.82, 2.24) is 5.32 Å². The first-order chi connectivity index (χ1) is 12.4. The van der Waals surface area contributed by atoms with E-state index in [1.165, 1.54) is 25.3 Å². The molecule has 0 aliphatic heterocycles. The fourth-order valence-electron chi connectivity index (χ4n) is 2.98. The number of hydrogen-bond donors (Lipinski definition) is 1. The molecule has 144 valence electrons. The molecule has 26 heavy (non-hydrogen) atoms. The van der Waals surface area contributed by atoms with E-state index in [1.54, 1.807) is 0 Å². The van der Waals surface area contributed by atoms with E-state index in [9.17, 15) is 18.4 Å². The Balaban J connectivity index is 1.89. The number of hydrogen-bond acceptors (Lipinski definition) is 5. The van der Waals surface area contributed by atoms with E-state index in [0.29, 0.717) is 5.92 Å². The van der Waals surface area contributed by atoms with Crippen molar-refractivity contribution >= 4 is 11.9 Å². The number of amides is 1. The summed E-state index contributed by atoms with van der Waals surface area (Å²) < 4.78 is 38.8. The van der Waals surface area contributed by atoms with Crippen LogP contribution in [0.15, 0.2) is 18.2 Å². The Hall–Kier alpha value is -2.38. The number of nitrogens with one attached hydrogen (secondary N) is 1. The van der Waals surface area contributed by atoms with E-state index in [1.807, 2.05) is 0 Å². The van der Waals surface area contributed by atoms with E-state index in [-0.39, 0.29) is 29.0 Å². The molecule has 2 atom stereocenters. The van der Waals surface area contributed by atoms with Gasteiger partial charge in [-0.05, 0) is 37.0 Å². The standard InChI is InChI=1S/C18H23F2NO5/c1-11-5-3-4-6-13(11)21-16(22)10-25-17(23)12-7-8-14(26-18(19)20)15(9-12)24-2/h7-9,11,13,18H,3-6,10H2,1-2H3,(H,21,22)/t11-,13-/m0/s1. The summed E-state index contributed by atoms with van der Waals surface area (Å²) in [6, 6.07) is 3.77. The molecule has 1 aromatic carbocycles. The highest BCUT2D eigenvalue weighted by Gasteiger charge is 2.23. The molecule has 0 aromatic heterocycles. The van der Waals surface area contributed by atoms with Crippen molar-refractivity contribution in [2.45, 2.75) is 45.3 Å². The van der Waals surface area contributed by atoms with Gasteiger partial charge in [-0.2, -0.15) is 8.78 Å². The molecule has 2 rings (SSSR count). The molecule has 1 fully saturated rings. The van der Waals surface area contributed by atoms with Crippen LogP contribution in [0.4, 0.5) is 8.78 Å². The van der Waals surface area contributed by atoms with Crippen LogP contribution in [0, 0.1) is 5.92 Å². The minimum atomic E-state index is -3.01. The number of carbonyl (C=O) groups excluding carboxylic acids is 2. The SMILES string of the molecule is COc1cc(C(=O)OCC(=O)N[C@H]2CCCC[C@@H]2C)ccc1OC(F)F. The van der Waals surface area contributed by atoms with Crippen molar-refractivity contribution < 1.29 is 32.6 Å². The molecule has 1 saturated carbocycles. The fourth-order valence-corrected chi connectivity index (χ4v) is 2.98. The van der Waals surface area contributed by atoms with E-state index in [2.05, 4.69) is 17.0 Å². The Morgan fingerprint density at radius 2 is 1.96 bits per heavy atom. The summed E-state index contributed by atoms with van der Waals surface area (Å²) >= 11 is 0. The predicted octanol–water partition coefficient (Wildman–Crippen LogP) is 3.15. The van der Waals surface area contributed by atoms with Gasteiger partial charge >= 0.3 is 12.6 Å². The highest BCUT2D eigenvalue weighted by atomic mass is 19.3. The average molecular weight is 371 g/mol. The Morgan fingerprint density at radius 1 is 1.23 bits per heavy atom. The number of alkyl halides is 2. The monoisotopic (exact) mass is 371 g/mol. The van der Waals surface area contributed by atoms with Crippen LogP contribution in [0.3, 0.4) is 0 Å². The molecule has 0 bridgehead atoms. The highest BCUT2D eigenvalue weighted by molar-refractivity contribution is 5.92. The lowest BCUT2D eigenvalue weighted by atomic mass is 9.86. The van der Waals surface area contributed by atoms with Crippen molar-refractivity contribution in [2.75, 3.05) is 13.7 Å². The Kier molecular flexibility index (Phi) is 7.17. The van der Waals surface area contributed by atoms with Crippen LogP contribution in [0.2, 0.25) is 0 Å². The fraction of sp³-hybridized carbons (Fsp3) is 0.556. The lowest BCUT2D eigenvalue weighted by Crippen LogP contribution is -2.42. The zero-order valence-corrected chi connectivity index (χ0v) is 14.8. The van der Waals surface area contributed by atoms with Gasteiger partial charge in [-0.3, -0.25) is 4.79 Å². The number of rotatable bonds is 7. The summed E-state index contributed by atoms with van der Waals surface area (Å²) in [7, 11) is 1.27. The van der Waals surface area contributed by atoms with Crippen LogP contribution >= 0.6 is 0 Å². The lowest BCUT2D eigenvalue weighted by Gasteiger charge is -2.29. The minimum Gasteiger partial charge on any atom is -0.493 e. The van der Waals surface area contributed by atoms with Crippen LogP contribution in [0.25, 0.3) is 0 Å². The third-order valence-electron chi connectivity index (χ3n) is 4.41. The van der Waals surface area contributed by atoms with Gasteiger partial charge in [-0.15, -0.1) is 0 Å². The van der Waals surface area contributed by atoms with Gasteiger partial charge in [-0.25, -0.2) is 4.79 Å². The molecule has 8 heteroatoms. The Bertz CT molecular complexity index is 638.